The van der Waals surface area contributed by atoms with Gasteiger partial charge in [-0.3, -0.25) is 4.90 Å². The summed E-state index contributed by atoms with van der Waals surface area (Å²) in [6, 6.07) is 11.1. The zero-order chi connectivity index (χ0) is 17.5. The van der Waals surface area contributed by atoms with Gasteiger partial charge in [-0.15, -0.1) is 0 Å². The average molecular weight is 339 g/mol. The monoisotopic (exact) mass is 339 g/mol. The summed E-state index contributed by atoms with van der Waals surface area (Å²) < 4.78 is 0. The molecule has 5 nitrogen and oxygen atoms in total. The van der Waals surface area contributed by atoms with Gasteiger partial charge in [-0.25, -0.2) is 4.99 Å². The van der Waals surface area contributed by atoms with E-state index >= 15 is 0 Å². The van der Waals surface area contributed by atoms with Crippen LogP contribution in [0, 0.1) is 11.3 Å². The number of hydrogen-bond donors (Lipinski definition) is 2. The van der Waals surface area contributed by atoms with Crippen LogP contribution in [0.4, 0.5) is 0 Å². The van der Waals surface area contributed by atoms with Gasteiger partial charge >= 0.3 is 0 Å². The lowest BCUT2D eigenvalue weighted by Crippen LogP contribution is -2.45. The van der Waals surface area contributed by atoms with Crippen LogP contribution in [0.5, 0.6) is 0 Å². The Bertz CT molecular complexity index is 610. The molecule has 1 saturated heterocycles. The third-order valence-electron chi connectivity index (χ3n) is 5.25. The van der Waals surface area contributed by atoms with E-state index in [0.29, 0.717) is 18.2 Å². The zero-order valence-corrected chi connectivity index (χ0v) is 15.2. The SMILES string of the molecule is CCNC(=NCc1ccc(C#N)cc1)NC1CCN(C2CCCC2)C1. The van der Waals surface area contributed by atoms with Crippen molar-refractivity contribution in [3.05, 3.63) is 35.4 Å². The minimum atomic E-state index is 0.486. The summed E-state index contributed by atoms with van der Waals surface area (Å²) in [5.41, 5.74) is 1.81. The number of likely N-dealkylation sites (tertiary alicyclic amines) is 1. The molecule has 0 bridgehead atoms. The molecule has 25 heavy (non-hydrogen) atoms. The molecule has 1 heterocycles. The summed E-state index contributed by atoms with van der Waals surface area (Å²) in [7, 11) is 0. The average Bonchev–Trinajstić information content (AvgIpc) is 3.32. The molecule has 1 unspecified atom stereocenters. The Labute approximate surface area is 151 Å². The van der Waals surface area contributed by atoms with Gasteiger partial charge in [0.2, 0.25) is 0 Å². The van der Waals surface area contributed by atoms with Gasteiger partial charge < -0.3 is 10.6 Å². The molecule has 1 saturated carbocycles. The number of guanidine groups is 1. The Morgan fingerprint density at radius 2 is 2.00 bits per heavy atom. The minimum Gasteiger partial charge on any atom is -0.357 e. The molecule has 2 fully saturated rings. The number of nitriles is 1. The first kappa shape index (κ1) is 17.8. The molecular weight excluding hydrogens is 310 g/mol. The van der Waals surface area contributed by atoms with Crippen molar-refractivity contribution in [3.63, 3.8) is 0 Å². The lowest BCUT2D eigenvalue weighted by molar-refractivity contribution is 0.242. The number of nitrogens with zero attached hydrogens (tertiary/aromatic N) is 3. The molecule has 0 aromatic heterocycles. The molecular formula is C20H29N5. The van der Waals surface area contributed by atoms with E-state index in [2.05, 4.69) is 28.5 Å². The summed E-state index contributed by atoms with van der Waals surface area (Å²) in [4.78, 5) is 7.38. The molecule has 2 aliphatic rings. The molecule has 5 heteroatoms. The van der Waals surface area contributed by atoms with Gasteiger partial charge in [0.1, 0.15) is 0 Å². The standard InChI is InChI=1S/C20H29N5/c1-2-22-20(23-14-17-9-7-16(13-21)8-10-17)24-18-11-12-25(15-18)19-5-3-4-6-19/h7-10,18-19H,2-6,11-12,14-15H2,1H3,(H2,22,23,24). The van der Waals surface area contributed by atoms with Crippen LogP contribution in [0.15, 0.2) is 29.3 Å². The van der Waals surface area contributed by atoms with Crippen LogP contribution >= 0.6 is 0 Å². The van der Waals surface area contributed by atoms with Gasteiger partial charge in [-0.05, 0) is 43.9 Å². The summed E-state index contributed by atoms with van der Waals surface area (Å²) in [6.07, 6.45) is 6.73. The molecule has 1 aliphatic carbocycles. The maximum Gasteiger partial charge on any atom is 0.191 e. The van der Waals surface area contributed by atoms with Gasteiger partial charge in [0, 0.05) is 31.7 Å². The smallest absolute Gasteiger partial charge is 0.191 e. The van der Waals surface area contributed by atoms with Crippen LogP contribution < -0.4 is 10.6 Å². The highest BCUT2D eigenvalue weighted by molar-refractivity contribution is 5.80. The quantitative estimate of drug-likeness (QED) is 0.639. The van der Waals surface area contributed by atoms with Crippen LogP contribution in [-0.4, -0.2) is 42.6 Å². The molecule has 3 rings (SSSR count). The Balaban J connectivity index is 1.54. The predicted octanol–water partition coefficient (Wildman–Crippen LogP) is 2.63. The maximum absolute atomic E-state index is 8.87. The Morgan fingerprint density at radius 1 is 1.24 bits per heavy atom. The van der Waals surface area contributed by atoms with E-state index in [0.717, 1.165) is 30.7 Å². The van der Waals surface area contributed by atoms with Crippen molar-refractivity contribution < 1.29 is 0 Å². The lowest BCUT2D eigenvalue weighted by atomic mass is 10.1. The van der Waals surface area contributed by atoms with Crippen molar-refractivity contribution in [3.8, 4) is 6.07 Å². The van der Waals surface area contributed by atoms with Gasteiger partial charge in [0.05, 0.1) is 18.2 Å². The molecule has 0 amide bonds. The number of benzene rings is 1. The maximum atomic E-state index is 8.87. The Kier molecular flexibility index (Phi) is 6.30. The van der Waals surface area contributed by atoms with Crippen molar-refractivity contribution in [2.75, 3.05) is 19.6 Å². The van der Waals surface area contributed by atoms with Gasteiger partial charge in [0.25, 0.3) is 0 Å². The second kappa shape index (κ2) is 8.87. The van der Waals surface area contributed by atoms with Crippen LogP contribution in [0.3, 0.4) is 0 Å². The van der Waals surface area contributed by atoms with Crippen molar-refractivity contribution in [2.45, 2.75) is 57.7 Å². The normalized spacial score (nSPS) is 22.1. The van der Waals surface area contributed by atoms with Crippen LogP contribution in [0.1, 0.15) is 50.2 Å². The molecule has 134 valence electrons. The molecule has 1 aromatic carbocycles. The zero-order valence-electron chi connectivity index (χ0n) is 15.2. The van der Waals surface area contributed by atoms with Gasteiger partial charge in [-0.1, -0.05) is 25.0 Å². The summed E-state index contributed by atoms with van der Waals surface area (Å²) in [5, 5.41) is 15.8. The molecule has 0 spiro atoms. The van der Waals surface area contributed by atoms with Crippen molar-refractivity contribution >= 4 is 5.96 Å². The molecule has 1 aliphatic heterocycles. The summed E-state index contributed by atoms with van der Waals surface area (Å²) in [6.45, 7) is 5.92. The number of aliphatic imine (C=N–C) groups is 1. The van der Waals surface area contributed by atoms with E-state index < -0.39 is 0 Å². The Hall–Kier alpha value is -2.06. The van der Waals surface area contributed by atoms with E-state index in [4.69, 9.17) is 10.3 Å². The molecule has 0 radical (unpaired) electrons. The van der Waals surface area contributed by atoms with Crippen molar-refractivity contribution in [2.24, 2.45) is 4.99 Å². The number of nitrogens with one attached hydrogen (secondary N) is 2. The molecule has 1 aromatic rings. The second-order valence-electron chi connectivity index (χ2n) is 7.07. The number of hydrogen-bond acceptors (Lipinski definition) is 3. The third-order valence-corrected chi connectivity index (χ3v) is 5.25. The van der Waals surface area contributed by atoms with E-state index in [9.17, 15) is 0 Å². The topological polar surface area (TPSA) is 63.5 Å². The first-order valence-electron chi connectivity index (χ1n) is 9.56. The van der Waals surface area contributed by atoms with E-state index in [1.807, 2.05) is 24.3 Å². The van der Waals surface area contributed by atoms with Crippen molar-refractivity contribution in [1.82, 2.24) is 15.5 Å². The van der Waals surface area contributed by atoms with Gasteiger partial charge in [0.15, 0.2) is 5.96 Å². The first-order chi connectivity index (χ1) is 12.3. The lowest BCUT2D eigenvalue weighted by Gasteiger charge is -2.24. The fourth-order valence-electron chi connectivity index (χ4n) is 3.87. The number of rotatable bonds is 5. The highest BCUT2D eigenvalue weighted by Crippen LogP contribution is 2.26. The minimum absolute atomic E-state index is 0.486. The van der Waals surface area contributed by atoms with Crippen LogP contribution in [-0.2, 0) is 6.54 Å². The fourth-order valence-corrected chi connectivity index (χ4v) is 3.87. The van der Waals surface area contributed by atoms with Gasteiger partial charge in [-0.2, -0.15) is 5.26 Å². The van der Waals surface area contributed by atoms with Crippen molar-refractivity contribution in [1.29, 1.82) is 5.26 Å². The molecule has 2 N–H and O–H groups in total. The second-order valence-corrected chi connectivity index (χ2v) is 7.07. The van der Waals surface area contributed by atoms with E-state index in [1.54, 1.807) is 0 Å². The highest BCUT2D eigenvalue weighted by atomic mass is 15.3. The van der Waals surface area contributed by atoms with Crippen LogP contribution in [0.2, 0.25) is 0 Å². The van der Waals surface area contributed by atoms with E-state index in [1.165, 1.54) is 38.6 Å². The summed E-state index contributed by atoms with van der Waals surface area (Å²) >= 11 is 0. The first-order valence-corrected chi connectivity index (χ1v) is 9.56. The predicted molar refractivity (Wildman–Crippen MR) is 101 cm³/mol. The van der Waals surface area contributed by atoms with Crippen LogP contribution in [0.25, 0.3) is 0 Å². The molecule has 1 atom stereocenters. The largest absolute Gasteiger partial charge is 0.357 e. The summed E-state index contributed by atoms with van der Waals surface area (Å²) in [5.74, 6) is 0.894. The van der Waals surface area contributed by atoms with E-state index in [-0.39, 0.29) is 0 Å². The highest BCUT2D eigenvalue weighted by Gasteiger charge is 2.30. The third kappa shape index (κ3) is 4.96. The Morgan fingerprint density at radius 3 is 2.68 bits per heavy atom. The fraction of sp³-hybridized carbons (Fsp3) is 0.600.